The Morgan fingerprint density at radius 3 is 2.84 bits per heavy atom. The lowest BCUT2D eigenvalue weighted by molar-refractivity contribution is 0.0954. The predicted octanol–water partition coefficient (Wildman–Crippen LogP) is 3.36. The van der Waals surface area contributed by atoms with Crippen LogP contribution in [0.5, 0.6) is 0 Å². The lowest BCUT2D eigenvalue weighted by atomic mass is 10.2. The van der Waals surface area contributed by atoms with Crippen LogP contribution >= 0.6 is 0 Å². The predicted molar refractivity (Wildman–Crippen MR) is 99.8 cm³/mol. The Hall–Kier alpha value is -2.82. The Labute approximate surface area is 146 Å². The van der Waals surface area contributed by atoms with E-state index in [1.807, 2.05) is 24.3 Å². The van der Waals surface area contributed by atoms with Crippen LogP contribution in [0.25, 0.3) is 10.9 Å². The Balaban J connectivity index is 1.27. The third kappa shape index (κ3) is 3.99. The second-order valence-corrected chi connectivity index (χ2v) is 6.64. The van der Waals surface area contributed by atoms with Crippen molar-refractivity contribution < 1.29 is 4.79 Å². The lowest BCUT2D eigenvalue weighted by Gasteiger charge is -2.07. The molecular weight excluding hydrogens is 312 g/mol. The Morgan fingerprint density at radius 1 is 1.20 bits per heavy atom. The van der Waals surface area contributed by atoms with Crippen LogP contribution in [-0.2, 0) is 6.42 Å². The summed E-state index contributed by atoms with van der Waals surface area (Å²) in [6.07, 6.45) is 5.02. The monoisotopic (exact) mass is 334 g/mol. The van der Waals surface area contributed by atoms with Gasteiger partial charge in [0.15, 0.2) is 0 Å². The topological polar surface area (TPSA) is 69.8 Å². The van der Waals surface area contributed by atoms with Gasteiger partial charge < -0.3 is 15.6 Å². The summed E-state index contributed by atoms with van der Waals surface area (Å²) in [5, 5.41) is 7.45. The van der Waals surface area contributed by atoms with Crippen LogP contribution < -0.4 is 10.6 Å². The van der Waals surface area contributed by atoms with Crippen LogP contribution in [-0.4, -0.2) is 29.0 Å². The number of benzene rings is 1. The van der Waals surface area contributed by atoms with E-state index in [0.29, 0.717) is 12.1 Å². The summed E-state index contributed by atoms with van der Waals surface area (Å²) in [6.45, 7) is 1.57. The molecule has 3 N–H and O–H groups in total. The van der Waals surface area contributed by atoms with Gasteiger partial charge >= 0.3 is 0 Å². The van der Waals surface area contributed by atoms with Crippen molar-refractivity contribution in [3.63, 3.8) is 0 Å². The van der Waals surface area contributed by atoms with Gasteiger partial charge in [0.1, 0.15) is 5.82 Å². The number of nitrogens with one attached hydrogen (secondary N) is 3. The zero-order valence-electron chi connectivity index (χ0n) is 14.1. The molecule has 5 nitrogen and oxygen atoms in total. The highest BCUT2D eigenvalue weighted by Gasteiger charge is 2.20. The van der Waals surface area contributed by atoms with Crippen molar-refractivity contribution in [2.45, 2.75) is 19.3 Å². The maximum absolute atomic E-state index is 12.2. The highest BCUT2D eigenvalue weighted by Crippen LogP contribution is 2.28. The van der Waals surface area contributed by atoms with Crippen molar-refractivity contribution >= 4 is 22.6 Å². The SMILES string of the molecule is O=C(NCCc1cc2ccccc2[nH]1)c1ccc(NCC2CC2)nc1. The summed E-state index contributed by atoms with van der Waals surface area (Å²) < 4.78 is 0. The van der Waals surface area contributed by atoms with Crippen molar-refractivity contribution in [2.75, 3.05) is 18.4 Å². The molecule has 0 saturated heterocycles. The van der Waals surface area contributed by atoms with E-state index in [9.17, 15) is 4.79 Å². The normalized spacial score (nSPS) is 13.8. The number of amides is 1. The minimum Gasteiger partial charge on any atom is -0.370 e. The van der Waals surface area contributed by atoms with E-state index >= 15 is 0 Å². The minimum absolute atomic E-state index is 0.0858. The molecule has 0 spiro atoms. The van der Waals surface area contributed by atoms with Crippen molar-refractivity contribution in [1.29, 1.82) is 0 Å². The van der Waals surface area contributed by atoms with Crippen LogP contribution in [0.3, 0.4) is 0 Å². The number of rotatable bonds is 7. The number of H-pyrrole nitrogens is 1. The molecule has 4 rings (SSSR count). The lowest BCUT2D eigenvalue weighted by Crippen LogP contribution is -2.25. The summed E-state index contributed by atoms with van der Waals surface area (Å²) >= 11 is 0. The quantitative estimate of drug-likeness (QED) is 0.620. The van der Waals surface area contributed by atoms with Crippen molar-refractivity contribution in [2.24, 2.45) is 5.92 Å². The van der Waals surface area contributed by atoms with Crippen LogP contribution in [0.4, 0.5) is 5.82 Å². The highest BCUT2D eigenvalue weighted by molar-refractivity contribution is 5.94. The third-order valence-electron chi connectivity index (χ3n) is 4.56. The van der Waals surface area contributed by atoms with E-state index in [-0.39, 0.29) is 5.91 Å². The van der Waals surface area contributed by atoms with Crippen molar-refractivity contribution in [1.82, 2.24) is 15.3 Å². The number of carbonyl (C=O) groups excluding carboxylic acids is 1. The molecule has 3 aromatic rings. The number of pyridine rings is 1. The van der Waals surface area contributed by atoms with E-state index < -0.39 is 0 Å². The number of para-hydroxylation sites is 1. The van der Waals surface area contributed by atoms with E-state index in [0.717, 1.165) is 35.9 Å². The first-order valence-corrected chi connectivity index (χ1v) is 8.83. The van der Waals surface area contributed by atoms with Gasteiger partial charge in [0, 0.05) is 36.9 Å². The third-order valence-corrected chi connectivity index (χ3v) is 4.56. The summed E-state index contributed by atoms with van der Waals surface area (Å²) in [7, 11) is 0. The first kappa shape index (κ1) is 15.7. The Morgan fingerprint density at radius 2 is 2.08 bits per heavy atom. The second-order valence-electron chi connectivity index (χ2n) is 6.64. The molecular formula is C20H22N4O. The van der Waals surface area contributed by atoms with E-state index in [4.69, 9.17) is 0 Å². The average Bonchev–Trinajstić information content (AvgIpc) is 3.38. The van der Waals surface area contributed by atoms with Gasteiger partial charge in [0.25, 0.3) is 5.91 Å². The molecule has 2 heterocycles. The fourth-order valence-corrected chi connectivity index (χ4v) is 2.88. The van der Waals surface area contributed by atoms with E-state index in [1.54, 1.807) is 6.20 Å². The highest BCUT2D eigenvalue weighted by atomic mass is 16.1. The Kier molecular flexibility index (Phi) is 4.37. The number of aromatic nitrogens is 2. The summed E-state index contributed by atoms with van der Waals surface area (Å²) in [5.41, 5.74) is 2.84. The molecule has 1 aliphatic rings. The number of nitrogens with zero attached hydrogens (tertiary/aromatic N) is 1. The molecule has 1 aromatic carbocycles. The maximum atomic E-state index is 12.2. The van der Waals surface area contributed by atoms with Crippen LogP contribution in [0, 0.1) is 5.92 Å². The zero-order chi connectivity index (χ0) is 17.1. The zero-order valence-corrected chi connectivity index (χ0v) is 14.1. The average molecular weight is 334 g/mol. The molecule has 5 heteroatoms. The first-order chi connectivity index (χ1) is 12.3. The van der Waals surface area contributed by atoms with Crippen LogP contribution in [0.1, 0.15) is 28.9 Å². The number of hydrogen-bond acceptors (Lipinski definition) is 3. The van der Waals surface area contributed by atoms with Crippen LogP contribution in [0.2, 0.25) is 0 Å². The van der Waals surface area contributed by atoms with Crippen LogP contribution in [0.15, 0.2) is 48.7 Å². The van der Waals surface area contributed by atoms with Gasteiger partial charge in [-0.05, 0) is 48.4 Å². The molecule has 1 saturated carbocycles. The number of anilines is 1. The van der Waals surface area contributed by atoms with Crippen molar-refractivity contribution in [3.05, 3.63) is 59.9 Å². The van der Waals surface area contributed by atoms with Crippen molar-refractivity contribution in [3.8, 4) is 0 Å². The molecule has 0 atom stereocenters. The molecule has 128 valence electrons. The summed E-state index contributed by atoms with van der Waals surface area (Å²) in [6, 6.07) is 14.0. The maximum Gasteiger partial charge on any atom is 0.252 e. The van der Waals surface area contributed by atoms with Gasteiger partial charge in [0.2, 0.25) is 0 Å². The van der Waals surface area contributed by atoms with Gasteiger partial charge in [0.05, 0.1) is 5.56 Å². The number of carbonyl (C=O) groups is 1. The molecule has 1 fully saturated rings. The fraction of sp³-hybridized carbons (Fsp3) is 0.300. The summed E-state index contributed by atoms with van der Waals surface area (Å²) in [4.78, 5) is 19.9. The largest absolute Gasteiger partial charge is 0.370 e. The molecule has 0 aliphatic heterocycles. The van der Waals surface area contributed by atoms with E-state index in [2.05, 4.69) is 38.8 Å². The number of hydrogen-bond donors (Lipinski definition) is 3. The van der Waals surface area contributed by atoms with E-state index in [1.165, 1.54) is 18.2 Å². The molecule has 1 aliphatic carbocycles. The molecule has 0 radical (unpaired) electrons. The first-order valence-electron chi connectivity index (χ1n) is 8.83. The van der Waals surface area contributed by atoms with Gasteiger partial charge in [-0.1, -0.05) is 18.2 Å². The molecule has 0 unspecified atom stereocenters. The standard InChI is InChI=1S/C20H22N4O/c25-20(16-7-8-19(23-13-16)22-12-14-5-6-14)21-10-9-17-11-15-3-1-2-4-18(15)24-17/h1-4,7-8,11,13-14,24H,5-6,9-10,12H2,(H,21,25)(H,22,23). The molecule has 2 aromatic heterocycles. The Bertz CT molecular complexity index is 832. The number of fused-ring (bicyclic) bond motifs is 1. The van der Waals surface area contributed by atoms with Gasteiger partial charge in [-0.15, -0.1) is 0 Å². The smallest absolute Gasteiger partial charge is 0.252 e. The minimum atomic E-state index is -0.0858. The van der Waals surface area contributed by atoms with Gasteiger partial charge in [-0.2, -0.15) is 0 Å². The summed E-state index contributed by atoms with van der Waals surface area (Å²) in [5.74, 6) is 1.55. The molecule has 1 amide bonds. The van der Waals surface area contributed by atoms with Gasteiger partial charge in [-0.25, -0.2) is 4.98 Å². The second kappa shape index (κ2) is 6.97. The molecule has 0 bridgehead atoms. The fourth-order valence-electron chi connectivity index (χ4n) is 2.88. The number of aromatic amines is 1. The molecule has 25 heavy (non-hydrogen) atoms. The van der Waals surface area contributed by atoms with Gasteiger partial charge in [-0.3, -0.25) is 4.79 Å².